The molecule has 112 valence electrons. The van der Waals surface area contributed by atoms with Crippen molar-refractivity contribution in [2.24, 2.45) is 5.92 Å². The minimum absolute atomic E-state index is 0.230. The first-order valence-electron chi connectivity index (χ1n) is 8.18. The number of piperazine rings is 1. The van der Waals surface area contributed by atoms with Crippen molar-refractivity contribution in [1.29, 1.82) is 5.26 Å². The third-order valence-corrected chi connectivity index (χ3v) is 4.90. The van der Waals surface area contributed by atoms with Crippen LogP contribution in [0.15, 0.2) is 24.4 Å². The summed E-state index contributed by atoms with van der Waals surface area (Å²) in [7, 11) is 0. The molecule has 0 amide bonds. The van der Waals surface area contributed by atoms with Crippen molar-refractivity contribution in [3.05, 3.63) is 24.4 Å². The zero-order valence-electron chi connectivity index (χ0n) is 12.6. The van der Waals surface area contributed by atoms with Gasteiger partial charge in [0.25, 0.3) is 0 Å². The second kappa shape index (κ2) is 6.91. The lowest BCUT2D eigenvalue weighted by Crippen LogP contribution is -2.52. The lowest BCUT2D eigenvalue weighted by atomic mass is 9.94. The van der Waals surface area contributed by atoms with Crippen molar-refractivity contribution >= 4 is 5.82 Å². The highest BCUT2D eigenvalue weighted by atomic mass is 15.3. The van der Waals surface area contributed by atoms with E-state index in [9.17, 15) is 5.26 Å². The third-order valence-electron chi connectivity index (χ3n) is 4.90. The van der Waals surface area contributed by atoms with Crippen LogP contribution in [0.4, 0.5) is 5.82 Å². The summed E-state index contributed by atoms with van der Waals surface area (Å²) < 4.78 is 0. The third kappa shape index (κ3) is 3.36. The van der Waals surface area contributed by atoms with Crippen LogP contribution in [0.25, 0.3) is 0 Å². The van der Waals surface area contributed by atoms with E-state index in [1.807, 2.05) is 18.3 Å². The molecule has 2 unspecified atom stereocenters. The fraction of sp³-hybridized carbons (Fsp3) is 0.647. The van der Waals surface area contributed by atoms with Crippen molar-refractivity contribution in [1.82, 2.24) is 9.88 Å². The zero-order chi connectivity index (χ0) is 14.5. The van der Waals surface area contributed by atoms with Gasteiger partial charge in [-0.1, -0.05) is 25.3 Å². The molecule has 4 heteroatoms. The number of aromatic nitrogens is 1. The molecule has 1 aromatic rings. The minimum atomic E-state index is 0.230. The highest BCUT2D eigenvalue weighted by Gasteiger charge is 2.31. The van der Waals surface area contributed by atoms with Crippen LogP contribution in [0.1, 0.15) is 32.1 Å². The Kier molecular flexibility index (Phi) is 4.72. The largest absolute Gasteiger partial charge is 0.354 e. The van der Waals surface area contributed by atoms with Crippen LogP contribution in [0.5, 0.6) is 0 Å². The van der Waals surface area contributed by atoms with Gasteiger partial charge in [0, 0.05) is 38.4 Å². The predicted octanol–water partition coefficient (Wildman–Crippen LogP) is 2.68. The molecule has 2 heterocycles. The van der Waals surface area contributed by atoms with Gasteiger partial charge in [-0.3, -0.25) is 4.90 Å². The Morgan fingerprint density at radius 1 is 1.05 bits per heavy atom. The van der Waals surface area contributed by atoms with E-state index in [0.717, 1.165) is 38.4 Å². The van der Waals surface area contributed by atoms with Crippen molar-refractivity contribution in [2.75, 3.05) is 31.1 Å². The Morgan fingerprint density at radius 3 is 2.57 bits per heavy atom. The molecule has 1 aromatic heterocycles. The van der Waals surface area contributed by atoms with Gasteiger partial charge in [0.2, 0.25) is 0 Å². The lowest BCUT2D eigenvalue weighted by molar-refractivity contribution is 0.145. The quantitative estimate of drug-likeness (QED) is 0.783. The van der Waals surface area contributed by atoms with E-state index in [1.54, 1.807) is 0 Å². The van der Waals surface area contributed by atoms with Crippen molar-refractivity contribution in [3.63, 3.8) is 0 Å². The average Bonchev–Trinajstić information content (AvgIpc) is 2.81. The zero-order valence-corrected chi connectivity index (χ0v) is 12.6. The van der Waals surface area contributed by atoms with Gasteiger partial charge in [0.05, 0.1) is 12.0 Å². The molecule has 0 radical (unpaired) electrons. The van der Waals surface area contributed by atoms with E-state index in [-0.39, 0.29) is 5.92 Å². The van der Waals surface area contributed by atoms with Crippen LogP contribution in [-0.4, -0.2) is 42.1 Å². The SMILES string of the molecule is N#CC1CCCCCC1N1CCN(c2ccccn2)CC1. The van der Waals surface area contributed by atoms with Gasteiger partial charge < -0.3 is 4.90 Å². The molecule has 2 atom stereocenters. The van der Waals surface area contributed by atoms with Crippen LogP contribution < -0.4 is 4.90 Å². The number of hydrogen-bond acceptors (Lipinski definition) is 4. The van der Waals surface area contributed by atoms with Crippen LogP contribution in [0.3, 0.4) is 0 Å². The summed E-state index contributed by atoms with van der Waals surface area (Å²) in [5.74, 6) is 1.31. The van der Waals surface area contributed by atoms with Gasteiger partial charge in [-0.25, -0.2) is 4.98 Å². The highest BCUT2D eigenvalue weighted by molar-refractivity contribution is 5.38. The van der Waals surface area contributed by atoms with Crippen LogP contribution in [-0.2, 0) is 0 Å². The summed E-state index contributed by atoms with van der Waals surface area (Å²) in [6, 6.07) is 9.13. The van der Waals surface area contributed by atoms with E-state index in [2.05, 4.69) is 26.9 Å². The molecule has 1 saturated heterocycles. The molecule has 2 fully saturated rings. The fourth-order valence-corrected chi connectivity index (χ4v) is 3.70. The summed E-state index contributed by atoms with van der Waals surface area (Å²) in [6.45, 7) is 4.15. The molecular formula is C17H24N4. The maximum atomic E-state index is 9.45. The lowest BCUT2D eigenvalue weighted by Gasteiger charge is -2.40. The molecule has 1 aliphatic carbocycles. The van der Waals surface area contributed by atoms with Crippen LogP contribution in [0.2, 0.25) is 0 Å². The number of pyridine rings is 1. The molecule has 4 nitrogen and oxygen atoms in total. The van der Waals surface area contributed by atoms with Gasteiger partial charge in [0.15, 0.2) is 0 Å². The molecule has 1 saturated carbocycles. The average molecular weight is 284 g/mol. The second-order valence-electron chi connectivity index (χ2n) is 6.15. The summed E-state index contributed by atoms with van der Waals surface area (Å²) in [5, 5.41) is 9.45. The fourth-order valence-electron chi connectivity index (χ4n) is 3.70. The molecule has 1 aliphatic heterocycles. The normalized spacial score (nSPS) is 27.9. The monoisotopic (exact) mass is 284 g/mol. The maximum Gasteiger partial charge on any atom is 0.128 e. The van der Waals surface area contributed by atoms with Gasteiger partial charge in [0.1, 0.15) is 5.82 Å². The second-order valence-corrected chi connectivity index (χ2v) is 6.15. The molecule has 0 aromatic carbocycles. The number of anilines is 1. The number of nitrogens with zero attached hydrogens (tertiary/aromatic N) is 4. The summed E-state index contributed by atoms with van der Waals surface area (Å²) in [4.78, 5) is 9.35. The van der Waals surface area contributed by atoms with Crippen molar-refractivity contribution in [3.8, 4) is 6.07 Å². The van der Waals surface area contributed by atoms with Gasteiger partial charge in [-0.2, -0.15) is 5.26 Å². The van der Waals surface area contributed by atoms with E-state index in [0.29, 0.717) is 6.04 Å². The molecule has 0 bridgehead atoms. The first-order chi connectivity index (χ1) is 10.4. The van der Waals surface area contributed by atoms with Gasteiger partial charge in [-0.15, -0.1) is 0 Å². The Balaban J connectivity index is 1.61. The Labute approximate surface area is 127 Å². The van der Waals surface area contributed by atoms with Crippen molar-refractivity contribution < 1.29 is 0 Å². The van der Waals surface area contributed by atoms with Gasteiger partial charge >= 0.3 is 0 Å². The summed E-state index contributed by atoms with van der Waals surface area (Å²) in [5.41, 5.74) is 0. The highest BCUT2D eigenvalue weighted by Crippen LogP contribution is 2.28. The Hall–Kier alpha value is -1.60. The van der Waals surface area contributed by atoms with E-state index in [1.165, 1.54) is 25.7 Å². The predicted molar refractivity (Wildman–Crippen MR) is 84.0 cm³/mol. The Bertz CT molecular complexity index is 473. The molecule has 2 aliphatic rings. The number of hydrogen-bond donors (Lipinski definition) is 0. The topological polar surface area (TPSA) is 43.2 Å². The van der Waals surface area contributed by atoms with Crippen LogP contribution in [0, 0.1) is 17.2 Å². The minimum Gasteiger partial charge on any atom is -0.354 e. The summed E-state index contributed by atoms with van der Waals surface area (Å²) >= 11 is 0. The summed E-state index contributed by atoms with van der Waals surface area (Å²) in [6.07, 6.45) is 7.94. The number of rotatable bonds is 2. The molecule has 21 heavy (non-hydrogen) atoms. The van der Waals surface area contributed by atoms with E-state index < -0.39 is 0 Å². The molecular weight excluding hydrogens is 260 g/mol. The first-order valence-corrected chi connectivity index (χ1v) is 8.18. The Morgan fingerprint density at radius 2 is 1.86 bits per heavy atom. The smallest absolute Gasteiger partial charge is 0.128 e. The van der Waals surface area contributed by atoms with Crippen molar-refractivity contribution in [2.45, 2.75) is 38.1 Å². The molecule has 3 rings (SSSR count). The number of nitriles is 1. The standard InChI is InChI=1S/C17H24N4/c18-14-15-6-2-1-3-7-16(15)20-10-12-21(13-11-20)17-8-4-5-9-19-17/h4-5,8-9,15-16H,1-3,6-7,10-13H2. The van der Waals surface area contributed by atoms with E-state index >= 15 is 0 Å². The first kappa shape index (κ1) is 14.3. The molecule has 0 spiro atoms. The maximum absolute atomic E-state index is 9.45. The molecule has 0 N–H and O–H groups in total. The van der Waals surface area contributed by atoms with E-state index in [4.69, 9.17) is 0 Å². The van der Waals surface area contributed by atoms with Crippen LogP contribution >= 0.6 is 0 Å². The van der Waals surface area contributed by atoms with Gasteiger partial charge in [-0.05, 0) is 25.0 Å².